The van der Waals surface area contributed by atoms with Gasteiger partial charge in [-0.2, -0.15) is 0 Å². The summed E-state index contributed by atoms with van der Waals surface area (Å²) in [5, 5.41) is 3.01. The van der Waals surface area contributed by atoms with Crippen molar-refractivity contribution in [2.75, 3.05) is 25.4 Å². The molecule has 0 aromatic heterocycles. The van der Waals surface area contributed by atoms with E-state index >= 15 is 0 Å². The molecular weight excluding hydrogens is 408 g/mol. The predicted octanol–water partition coefficient (Wildman–Crippen LogP) is 3.72. The molecule has 31 heavy (non-hydrogen) atoms. The Kier molecular flexibility index (Phi) is 8.67. The van der Waals surface area contributed by atoms with E-state index in [4.69, 9.17) is 0 Å². The highest BCUT2D eigenvalue weighted by Gasteiger charge is 2.31. The maximum atomic E-state index is 12.8. The Morgan fingerprint density at radius 2 is 1.77 bits per heavy atom. The van der Waals surface area contributed by atoms with Gasteiger partial charge in [-0.25, -0.2) is 12.7 Å². The molecule has 0 unspecified atom stereocenters. The number of rotatable bonds is 10. The zero-order valence-corrected chi connectivity index (χ0v) is 19.2. The van der Waals surface area contributed by atoms with Gasteiger partial charge < -0.3 is 5.32 Å². The number of carbonyl (C=O) groups excluding carboxylic acids is 1. The standard InChI is InChI=1S/C25H34N2O3S/c1-21-9-5-12-23(19-21)13-6-16-26-25(28)24-15-7-17-27(20-24)31(29,30)18-8-14-22-10-3-2-4-11-22/h2-5,9-12,19,24H,6-8,13-18,20H2,1H3,(H,26,28)/t24-/m0/s1. The molecule has 1 N–H and O–H groups in total. The molecule has 1 heterocycles. The van der Waals surface area contributed by atoms with E-state index in [0.717, 1.165) is 37.7 Å². The Labute approximate surface area is 186 Å². The maximum absolute atomic E-state index is 12.8. The van der Waals surface area contributed by atoms with E-state index in [9.17, 15) is 13.2 Å². The van der Waals surface area contributed by atoms with Crippen LogP contribution in [-0.2, 0) is 27.7 Å². The molecule has 2 aromatic rings. The Morgan fingerprint density at radius 1 is 1.03 bits per heavy atom. The second-order valence-corrected chi connectivity index (χ2v) is 10.6. The van der Waals surface area contributed by atoms with Crippen LogP contribution in [0, 0.1) is 12.8 Å². The fraction of sp³-hybridized carbons (Fsp3) is 0.480. The van der Waals surface area contributed by atoms with Gasteiger partial charge in [0.2, 0.25) is 15.9 Å². The number of aryl methyl sites for hydroxylation is 3. The highest BCUT2D eigenvalue weighted by Crippen LogP contribution is 2.20. The summed E-state index contributed by atoms with van der Waals surface area (Å²) in [5.41, 5.74) is 3.67. The summed E-state index contributed by atoms with van der Waals surface area (Å²) in [7, 11) is -3.33. The average molecular weight is 443 g/mol. The van der Waals surface area contributed by atoms with Gasteiger partial charge in [-0.1, -0.05) is 60.2 Å². The Hall–Kier alpha value is -2.18. The maximum Gasteiger partial charge on any atom is 0.224 e. The summed E-state index contributed by atoms with van der Waals surface area (Å²) >= 11 is 0. The van der Waals surface area contributed by atoms with Crippen LogP contribution < -0.4 is 5.32 Å². The third kappa shape index (κ3) is 7.47. The molecule has 1 saturated heterocycles. The molecule has 1 aliphatic heterocycles. The van der Waals surface area contributed by atoms with E-state index in [1.54, 1.807) is 0 Å². The van der Waals surface area contributed by atoms with Crippen molar-refractivity contribution in [3.05, 3.63) is 71.3 Å². The first kappa shape index (κ1) is 23.5. The molecule has 6 heteroatoms. The number of benzene rings is 2. The number of carbonyl (C=O) groups is 1. The number of nitrogens with zero attached hydrogens (tertiary/aromatic N) is 1. The lowest BCUT2D eigenvalue weighted by Crippen LogP contribution is -2.46. The zero-order valence-electron chi connectivity index (χ0n) is 18.4. The van der Waals surface area contributed by atoms with Gasteiger partial charge in [0, 0.05) is 19.6 Å². The highest BCUT2D eigenvalue weighted by atomic mass is 32.2. The van der Waals surface area contributed by atoms with Crippen LogP contribution in [0.25, 0.3) is 0 Å². The largest absolute Gasteiger partial charge is 0.356 e. The van der Waals surface area contributed by atoms with Crippen LogP contribution in [0.3, 0.4) is 0 Å². The van der Waals surface area contributed by atoms with Crippen LogP contribution in [0.4, 0.5) is 0 Å². The third-order valence-electron chi connectivity index (χ3n) is 5.88. The summed E-state index contributed by atoms with van der Waals surface area (Å²) in [5.74, 6) is -0.141. The van der Waals surface area contributed by atoms with Gasteiger partial charge in [0.25, 0.3) is 0 Å². The quantitative estimate of drug-likeness (QED) is 0.570. The van der Waals surface area contributed by atoms with Gasteiger partial charge in [-0.3, -0.25) is 4.79 Å². The number of hydrogen-bond donors (Lipinski definition) is 1. The molecule has 2 aromatic carbocycles. The molecule has 3 rings (SSSR count). The van der Waals surface area contributed by atoms with Crippen LogP contribution in [0.2, 0.25) is 0 Å². The molecule has 0 bridgehead atoms. The normalized spacial score (nSPS) is 17.4. The van der Waals surface area contributed by atoms with Crippen molar-refractivity contribution in [3.63, 3.8) is 0 Å². The van der Waals surface area contributed by atoms with Gasteiger partial charge >= 0.3 is 0 Å². The van der Waals surface area contributed by atoms with Crippen LogP contribution in [-0.4, -0.2) is 44.0 Å². The first-order valence-electron chi connectivity index (χ1n) is 11.3. The summed E-state index contributed by atoms with van der Waals surface area (Å²) < 4.78 is 27.1. The second-order valence-electron chi connectivity index (χ2n) is 8.49. The van der Waals surface area contributed by atoms with Crippen molar-refractivity contribution in [2.24, 2.45) is 5.92 Å². The van der Waals surface area contributed by atoms with Gasteiger partial charge in [-0.05, 0) is 56.6 Å². The van der Waals surface area contributed by atoms with Crippen LogP contribution in [0.1, 0.15) is 42.4 Å². The molecule has 0 spiro atoms. The van der Waals surface area contributed by atoms with Crippen molar-refractivity contribution in [1.29, 1.82) is 0 Å². The van der Waals surface area contributed by atoms with E-state index in [1.807, 2.05) is 30.3 Å². The minimum atomic E-state index is -3.33. The number of nitrogens with one attached hydrogen (secondary N) is 1. The molecule has 5 nitrogen and oxygen atoms in total. The van der Waals surface area contributed by atoms with Gasteiger partial charge in [0.05, 0.1) is 11.7 Å². The van der Waals surface area contributed by atoms with Gasteiger partial charge in [-0.15, -0.1) is 0 Å². The molecule has 0 radical (unpaired) electrons. The molecule has 0 aliphatic carbocycles. The van der Waals surface area contributed by atoms with Crippen LogP contribution in [0.15, 0.2) is 54.6 Å². The number of piperidine rings is 1. The summed E-state index contributed by atoms with van der Waals surface area (Å²) in [6, 6.07) is 18.4. The van der Waals surface area contributed by atoms with Crippen molar-refractivity contribution < 1.29 is 13.2 Å². The smallest absolute Gasteiger partial charge is 0.224 e. The summed E-state index contributed by atoms with van der Waals surface area (Å²) in [4.78, 5) is 12.6. The second kappa shape index (κ2) is 11.4. The molecule has 1 aliphatic rings. The number of sulfonamides is 1. The monoisotopic (exact) mass is 442 g/mol. The Bertz CT molecular complexity index is 944. The van der Waals surface area contributed by atoms with E-state index in [0.29, 0.717) is 26.1 Å². The molecule has 1 amide bonds. The highest BCUT2D eigenvalue weighted by molar-refractivity contribution is 7.89. The fourth-order valence-corrected chi connectivity index (χ4v) is 5.74. The predicted molar refractivity (Wildman–Crippen MR) is 125 cm³/mol. The van der Waals surface area contributed by atoms with Gasteiger partial charge in [0.1, 0.15) is 0 Å². The van der Waals surface area contributed by atoms with E-state index < -0.39 is 10.0 Å². The SMILES string of the molecule is Cc1cccc(CCCNC(=O)[C@H]2CCCN(S(=O)(=O)CCCc3ccccc3)C2)c1. The zero-order chi connectivity index (χ0) is 22.1. The average Bonchev–Trinajstić information content (AvgIpc) is 2.77. The van der Waals surface area contributed by atoms with Crippen LogP contribution in [0.5, 0.6) is 0 Å². The van der Waals surface area contributed by atoms with Crippen molar-refractivity contribution >= 4 is 15.9 Å². The van der Waals surface area contributed by atoms with E-state index in [2.05, 4.69) is 36.5 Å². The summed E-state index contributed by atoms with van der Waals surface area (Å²) in [6.07, 6.45) is 4.63. The van der Waals surface area contributed by atoms with Gasteiger partial charge in [0.15, 0.2) is 0 Å². The fourth-order valence-electron chi connectivity index (χ4n) is 4.16. The van der Waals surface area contributed by atoms with E-state index in [1.165, 1.54) is 15.4 Å². The topological polar surface area (TPSA) is 66.5 Å². The molecule has 1 atom stereocenters. The third-order valence-corrected chi connectivity index (χ3v) is 7.81. The molecule has 168 valence electrons. The van der Waals surface area contributed by atoms with E-state index in [-0.39, 0.29) is 17.6 Å². The Balaban J connectivity index is 1.41. The minimum Gasteiger partial charge on any atom is -0.356 e. The van der Waals surface area contributed by atoms with Crippen LogP contribution >= 0.6 is 0 Å². The molecule has 0 saturated carbocycles. The molecular formula is C25H34N2O3S. The number of amides is 1. The first-order chi connectivity index (χ1) is 14.9. The minimum absolute atomic E-state index is 0.0200. The lowest BCUT2D eigenvalue weighted by atomic mass is 9.98. The van der Waals surface area contributed by atoms with Crippen molar-refractivity contribution in [2.45, 2.75) is 45.4 Å². The lowest BCUT2D eigenvalue weighted by Gasteiger charge is -2.31. The first-order valence-corrected chi connectivity index (χ1v) is 12.9. The number of hydrogen-bond acceptors (Lipinski definition) is 3. The summed E-state index contributed by atoms with van der Waals surface area (Å²) in [6.45, 7) is 3.52. The lowest BCUT2D eigenvalue weighted by molar-refractivity contribution is -0.126. The van der Waals surface area contributed by atoms with Crippen molar-refractivity contribution in [3.8, 4) is 0 Å². The van der Waals surface area contributed by atoms with Crippen molar-refractivity contribution in [1.82, 2.24) is 9.62 Å². The molecule has 1 fully saturated rings. The Morgan fingerprint density at radius 3 is 2.55 bits per heavy atom.